The molecule has 6 heteroatoms. The lowest BCUT2D eigenvalue weighted by atomic mass is 10.1. The number of nitrogens with zero attached hydrogens (tertiary/aromatic N) is 2. The maximum absolute atomic E-state index is 13.1. The minimum absolute atomic E-state index is 0.190. The number of aromatic nitrogens is 2. The first-order chi connectivity index (χ1) is 12.5. The highest BCUT2D eigenvalue weighted by Gasteiger charge is 2.15. The van der Waals surface area contributed by atoms with Crippen molar-refractivity contribution < 1.29 is 9.18 Å². The molecule has 0 fully saturated rings. The number of carbonyl (C=O) groups is 1. The molecule has 0 aliphatic rings. The van der Waals surface area contributed by atoms with E-state index in [0.29, 0.717) is 11.4 Å². The third-order valence-corrected chi connectivity index (χ3v) is 4.90. The normalized spacial score (nSPS) is 11.0. The molecule has 0 unspecified atom stereocenters. The van der Waals surface area contributed by atoms with Crippen molar-refractivity contribution in [1.29, 1.82) is 0 Å². The Morgan fingerprint density at radius 1 is 1.12 bits per heavy atom. The van der Waals surface area contributed by atoms with E-state index >= 15 is 0 Å². The third-order valence-electron chi connectivity index (χ3n) is 4.06. The van der Waals surface area contributed by atoms with Crippen molar-refractivity contribution >= 4 is 27.9 Å². The molecule has 0 aliphatic carbocycles. The van der Waals surface area contributed by atoms with E-state index < -0.39 is 0 Å². The molecule has 130 valence electrons. The molecule has 4 nitrogen and oxygen atoms in total. The van der Waals surface area contributed by atoms with Gasteiger partial charge in [0, 0.05) is 22.8 Å². The highest BCUT2D eigenvalue weighted by molar-refractivity contribution is 7.15. The standard InChI is InChI=1S/C20H16FN3OS/c1-12-7-13(2)9-16(8-12)22-19(25)18-11-26-20-23-17(10-24(18)20)14-3-5-15(21)6-4-14/h3-11H,1-2H3,(H,22,25). The van der Waals surface area contributed by atoms with E-state index in [4.69, 9.17) is 0 Å². The fourth-order valence-electron chi connectivity index (χ4n) is 2.95. The Kier molecular flexibility index (Phi) is 4.05. The van der Waals surface area contributed by atoms with Crippen molar-refractivity contribution in [3.8, 4) is 11.3 Å². The first-order valence-electron chi connectivity index (χ1n) is 8.12. The molecule has 26 heavy (non-hydrogen) atoms. The van der Waals surface area contributed by atoms with E-state index in [-0.39, 0.29) is 11.7 Å². The number of thiazole rings is 1. The molecule has 0 saturated heterocycles. The van der Waals surface area contributed by atoms with Crippen molar-refractivity contribution in [2.24, 2.45) is 0 Å². The van der Waals surface area contributed by atoms with Gasteiger partial charge in [-0.2, -0.15) is 0 Å². The van der Waals surface area contributed by atoms with Gasteiger partial charge in [0.15, 0.2) is 4.96 Å². The van der Waals surface area contributed by atoms with Crippen LogP contribution in [0.15, 0.2) is 54.0 Å². The van der Waals surface area contributed by atoms with E-state index in [9.17, 15) is 9.18 Å². The molecule has 0 aliphatic heterocycles. The third kappa shape index (κ3) is 3.11. The molecule has 0 spiro atoms. The Bertz CT molecular complexity index is 1090. The number of halogens is 1. The second-order valence-corrected chi connectivity index (χ2v) is 7.07. The summed E-state index contributed by atoms with van der Waals surface area (Å²) in [5, 5.41) is 4.73. The molecule has 0 bridgehead atoms. The predicted molar refractivity (Wildman–Crippen MR) is 102 cm³/mol. The molecule has 0 atom stereocenters. The summed E-state index contributed by atoms with van der Waals surface area (Å²) < 4.78 is 14.9. The van der Waals surface area contributed by atoms with Gasteiger partial charge in [-0.25, -0.2) is 9.37 Å². The van der Waals surface area contributed by atoms with Crippen molar-refractivity contribution in [3.05, 3.63) is 76.7 Å². The van der Waals surface area contributed by atoms with Crippen molar-refractivity contribution in [2.75, 3.05) is 5.32 Å². The largest absolute Gasteiger partial charge is 0.321 e. The van der Waals surface area contributed by atoms with Gasteiger partial charge in [-0.1, -0.05) is 6.07 Å². The highest BCUT2D eigenvalue weighted by Crippen LogP contribution is 2.24. The Morgan fingerprint density at radius 2 is 1.81 bits per heavy atom. The average molecular weight is 365 g/mol. The maximum atomic E-state index is 13.1. The van der Waals surface area contributed by atoms with Crippen molar-refractivity contribution in [2.45, 2.75) is 13.8 Å². The lowest BCUT2D eigenvalue weighted by molar-refractivity contribution is 0.102. The average Bonchev–Trinajstić information content (AvgIpc) is 3.14. The van der Waals surface area contributed by atoms with Crippen LogP contribution < -0.4 is 5.32 Å². The number of aryl methyl sites for hydroxylation is 2. The van der Waals surface area contributed by atoms with Crippen LogP contribution in [-0.2, 0) is 0 Å². The summed E-state index contributed by atoms with van der Waals surface area (Å²) >= 11 is 1.39. The molecule has 2 aromatic heterocycles. The maximum Gasteiger partial charge on any atom is 0.273 e. The quantitative estimate of drug-likeness (QED) is 0.551. The first kappa shape index (κ1) is 16.5. The van der Waals surface area contributed by atoms with Gasteiger partial charge in [0.2, 0.25) is 0 Å². The molecule has 4 rings (SSSR count). The summed E-state index contributed by atoms with van der Waals surface area (Å²) in [5.41, 5.74) is 4.99. The van der Waals surface area contributed by atoms with Gasteiger partial charge in [0.25, 0.3) is 5.91 Å². The fourth-order valence-corrected chi connectivity index (χ4v) is 3.80. The van der Waals surface area contributed by atoms with Crippen LogP contribution in [0.1, 0.15) is 21.6 Å². The highest BCUT2D eigenvalue weighted by atomic mass is 32.1. The number of amides is 1. The monoisotopic (exact) mass is 365 g/mol. The number of rotatable bonds is 3. The van der Waals surface area contributed by atoms with Crippen LogP contribution in [-0.4, -0.2) is 15.3 Å². The van der Waals surface area contributed by atoms with E-state index in [1.165, 1.54) is 23.5 Å². The summed E-state index contributed by atoms with van der Waals surface area (Å²) in [7, 11) is 0. The second kappa shape index (κ2) is 6.38. The van der Waals surface area contributed by atoms with Gasteiger partial charge in [0.05, 0.1) is 5.69 Å². The van der Waals surface area contributed by atoms with E-state index in [0.717, 1.165) is 27.3 Å². The fraction of sp³-hybridized carbons (Fsp3) is 0.100. The van der Waals surface area contributed by atoms with Gasteiger partial charge in [-0.15, -0.1) is 11.3 Å². The van der Waals surface area contributed by atoms with Gasteiger partial charge in [-0.05, 0) is 61.4 Å². The number of nitrogens with one attached hydrogen (secondary N) is 1. The number of hydrogen-bond acceptors (Lipinski definition) is 3. The molecule has 2 aromatic carbocycles. The van der Waals surface area contributed by atoms with Crippen LogP contribution in [0.25, 0.3) is 16.2 Å². The van der Waals surface area contributed by atoms with Crippen molar-refractivity contribution in [1.82, 2.24) is 9.38 Å². The minimum atomic E-state index is -0.289. The van der Waals surface area contributed by atoms with Crippen LogP contribution >= 0.6 is 11.3 Å². The van der Waals surface area contributed by atoms with Crippen LogP contribution in [0.5, 0.6) is 0 Å². The molecule has 1 N–H and O–H groups in total. The Balaban J connectivity index is 1.66. The minimum Gasteiger partial charge on any atom is -0.321 e. The van der Waals surface area contributed by atoms with Gasteiger partial charge in [0.1, 0.15) is 11.5 Å². The van der Waals surface area contributed by atoms with E-state index in [2.05, 4.69) is 16.4 Å². The van der Waals surface area contributed by atoms with Gasteiger partial charge in [-0.3, -0.25) is 9.20 Å². The zero-order valence-corrected chi connectivity index (χ0v) is 15.1. The lowest BCUT2D eigenvalue weighted by Crippen LogP contribution is -2.14. The molecule has 0 radical (unpaired) electrons. The van der Waals surface area contributed by atoms with Gasteiger partial charge < -0.3 is 5.32 Å². The number of benzene rings is 2. The Morgan fingerprint density at radius 3 is 2.50 bits per heavy atom. The number of imidazole rings is 1. The molecule has 4 aromatic rings. The predicted octanol–water partition coefficient (Wildman–Crippen LogP) is 5.07. The van der Waals surface area contributed by atoms with Crippen LogP contribution in [0.4, 0.5) is 10.1 Å². The number of fused-ring (bicyclic) bond motifs is 1. The first-order valence-corrected chi connectivity index (χ1v) is 9.00. The Hall–Kier alpha value is -2.99. The number of hydrogen-bond donors (Lipinski definition) is 1. The molecular formula is C20H16FN3OS. The van der Waals surface area contributed by atoms with Crippen LogP contribution in [0, 0.1) is 19.7 Å². The number of carbonyl (C=O) groups excluding carboxylic acids is 1. The topological polar surface area (TPSA) is 46.4 Å². The van der Waals surface area contributed by atoms with Gasteiger partial charge >= 0.3 is 0 Å². The summed E-state index contributed by atoms with van der Waals surface area (Å²) in [6.45, 7) is 3.99. The Labute approximate surface area is 153 Å². The smallest absolute Gasteiger partial charge is 0.273 e. The van der Waals surface area contributed by atoms with E-state index in [1.807, 2.05) is 26.0 Å². The molecule has 2 heterocycles. The summed E-state index contributed by atoms with van der Waals surface area (Å²) in [6, 6.07) is 12.1. The van der Waals surface area contributed by atoms with E-state index in [1.54, 1.807) is 28.1 Å². The molecular weight excluding hydrogens is 349 g/mol. The SMILES string of the molecule is Cc1cc(C)cc(NC(=O)c2csc3nc(-c4ccc(F)cc4)cn23)c1. The molecule has 1 amide bonds. The lowest BCUT2D eigenvalue weighted by Gasteiger charge is -2.07. The summed E-state index contributed by atoms with van der Waals surface area (Å²) in [4.78, 5) is 17.9. The van der Waals surface area contributed by atoms with Crippen LogP contribution in [0.2, 0.25) is 0 Å². The second-order valence-electron chi connectivity index (χ2n) is 6.24. The molecule has 0 saturated carbocycles. The summed E-state index contributed by atoms with van der Waals surface area (Å²) in [6.07, 6.45) is 1.80. The summed E-state index contributed by atoms with van der Waals surface area (Å²) in [5.74, 6) is -0.479. The van der Waals surface area contributed by atoms with Crippen molar-refractivity contribution in [3.63, 3.8) is 0 Å². The zero-order valence-electron chi connectivity index (χ0n) is 14.3. The zero-order chi connectivity index (χ0) is 18.3. The van der Waals surface area contributed by atoms with Crippen LogP contribution in [0.3, 0.4) is 0 Å². The number of anilines is 1.